The second-order valence-electron chi connectivity index (χ2n) is 3.85. The number of halogens is 3. The summed E-state index contributed by atoms with van der Waals surface area (Å²) in [5.41, 5.74) is 6.53. The van der Waals surface area contributed by atoms with E-state index in [2.05, 4.69) is 9.47 Å². The molecule has 0 bridgehead atoms. The standard InChI is InChI=1S/C11H13F2NO3.ClH/c12-11(13)16-9-4-3-7(6-10(9)17-11)8(14)2-1-5-15;/h3-4,6,8,15H,1-2,5,14H2;1H/t8-;/m1./s1. The lowest BCUT2D eigenvalue weighted by Crippen LogP contribution is -2.25. The smallest absolute Gasteiger partial charge is 0.396 e. The van der Waals surface area contributed by atoms with Gasteiger partial charge in [-0.3, -0.25) is 0 Å². The Morgan fingerprint density at radius 3 is 2.61 bits per heavy atom. The van der Waals surface area contributed by atoms with Crippen molar-refractivity contribution >= 4 is 12.4 Å². The molecule has 1 atom stereocenters. The van der Waals surface area contributed by atoms with Crippen LogP contribution >= 0.6 is 12.4 Å². The molecule has 3 N–H and O–H groups in total. The van der Waals surface area contributed by atoms with Gasteiger partial charge in [0.25, 0.3) is 0 Å². The summed E-state index contributed by atoms with van der Waals surface area (Å²) in [4.78, 5) is 0. The van der Waals surface area contributed by atoms with Crippen LogP contribution in [0.15, 0.2) is 18.2 Å². The van der Waals surface area contributed by atoms with E-state index in [0.717, 1.165) is 0 Å². The molecule has 7 heteroatoms. The quantitative estimate of drug-likeness (QED) is 0.888. The largest absolute Gasteiger partial charge is 0.586 e. The second-order valence-corrected chi connectivity index (χ2v) is 3.85. The molecule has 0 spiro atoms. The van der Waals surface area contributed by atoms with E-state index in [0.29, 0.717) is 18.4 Å². The van der Waals surface area contributed by atoms with Crippen molar-refractivity contribution in [1.29, 1.82) is 0 Å². The average molecular weight is 282 g/mol. The highest BCUT2D eigenvalue weighted by Gasteiger charge is 2.43. The Bertz CT molecular complexity index is 417. The zero-order chi connectivity index (χ0) is 12.5. The van der Waals surface area contributed by atoms with Crippen molar-refractivity contribution in [2.75, 3.05) is 6.61 Å². The fraction of sp³-hybridized carbons (Fsp3) is 0.455. The Hall–Kier alpha value is -1.11. The highest BCUT2D eigenvalue weighted by molar-refractivity contribution is 5.85. The third kappa shape index (κ3) is 3.22. The number of aliphatic hydroxyl groups is 1. The summed E-state index contributed by atoms with van der Waals surface area (Å²) in [6.45, 7) is 0.0519. The van der Waals surface area contributed by atoms with E-state index in [1.54, 1.807) is 6.07 Å². The highest BCUT2D eigenvalue weighted by atomic mass is 35.5. The van der Waals surface area contributed by atoms with Gasteiger partial charge in [-0.25, -0.2) is 0 Å². The Morgan fingerprint density at radius 2 is 1.94 bits per heavy atom. The van der Waals surface area contributed by atoms with E-state index in [-0.39, 0.29) is 36.6 Å². The lowest BCUT2D eigenvalue weighted by molar-refractivity contribution is -0.286. The Labute approximate surface area is 109 Å². The molecule has 0 saturated heterocycles. The minimum absolute atomic E-state index is 0. The fourth-order valence-corrected chi connectivity index (χ4v) is 1.67. The van der Waals surface area contributed by atoms with Crippen molar-refractivity contribution < 1.29 is 23.4 Å². The molecular weight excluding hydrogens is 268 g/mol. The molecule has 1 aromatic rings. The summed E-state index contributed by atoms with van der Waals surface area (Å²) in [5.74, 6) is 0.0000525. The zero-order valence-corrected chi connectivity index (χ0v) is 10.3. The molecule has 0 aliphatic carbocycles. The van der Waals surface area contributed by atoms with Gasteiger partial charge in [0.15, 0.2) is 11.5 Å². The molecule has 1 heterocycles. The van der Waals surface area contributed by atoms with Gasteiger partial charge in [-0.05, 0) is 30.5 Å². The van der Waals surface area contributed by atoms with Crippen molar-refractivity contribution in [1.82, 2.24) is 0 Å². The average Bonchev–Trinajstić information content (AvgIpc) is 2.58. The normalized spacial score (nSPS) is 17.1. The van der Waals surface area contributed by atoms with Crippen LogP contribution in [0.4, 0.5) is 8.78 Å². The van der Waals surface area contributed by atoms with Gasteiger partial charge >= 0.3 is 6.29 Å². The molecule has 0 fully saturated rings. The van der Waals surface area contributed by atoms with Crippen molar-refractivity contribution in [3.63, 3.8) is 0 Å². The number of benzene rings is 1. The molecule has 1 aromatic carbocycles. The van der Waals surface area contributed by atoms with Gasteiger partial charge < -0.3 is 20.3 Å². The van der Waals surface area contributed by atoms with E-state index in [9.17, 15) is 8.78 Å². The van der Waals surface area contributed by atoms with Crippen LogP contribution in [0.5, 0.6) is 11.5 Å². The van der Waals surface area contributed by atoms with Crippen LogP contribution in [-0.4, -0.2) is 18.0 Å². The number of hydrogen-bond acceptors (Lipinski definition) is 4. The molecule has 0 unspecified atom stereocenters. The first-order valence-corrected chi connectivity index (χ1v) is 5.28. The first kappa shape index (κ1) is 14.9. The molecule has 102 valence electrons. The Balaban J connectivity index is 0.00000162. The maximum Gasteiger partial charge on any atom is 0.586 e. The van der Waals surface area contributed by atoms with Crippen LogP contribution in [0, 0.1) is 0 Å². The molecular formula is C11H14ClF2NO3. The van der Waals surface area contributed by atoms with Gasteiger partial charge in [-0.2, -0.15) is 0 Å². The van der Waals surface area contributed by atoms with Gasteiger partial charge in [-0.1, -0.05) is 6.07 Å². The monoisotopic (exact) mass is 281 g/mol. The van der Waals surface area contributed by atoms with Crippen molar-refractivity contribution in [2.45, 2.75) is 25.2 Å². The van der Waals surface area contributed by atoms with E-state index in [1.165, 1.54) is 12.1 Å². The minimum atomic E-state index is -3.60. The number of nitrogens with two attached hydrogens (primary N) is 1. The van der Waals surface area contributed by atoms with Crippen LogP contribution in [0.25, 0.3) is 0 Å². The predicted molar refractivity (Wildman–Crippen MR) is 63.1 cm³/mol. The molecule has 2 rings (SSSR count). The number of fused-ring (bicyclic) bond motifs is 1. The Morgan fingerprint density at radius 1 is 1.28 bits per heavy atom. The van der Waals surface area contributed by atoms with Gasteiger partial charge in [0, 0.05) is 12.6 Å². The predicted octanol–water partition coefficient (Wildman–Crippen LogP) is 2.20. The number of rotatable bonds is 4. The number of aliphatic hydroxyl groups excluding tert-OH is 1. The van der Waals surface area contributed by atoms with E-state index >= 15 is 0 Å². The summed E-state index contributed by atoms with van der Waals surface area (Å²) in [7, 11) is 0. The minimum Gasteiger partial charge on any atom is -0.396 e. The summed E-state index contributed by atoms with van der Waals surface area (Å²) in [6.07, 6.45) is -2.46. The van der Waals surface area contributed by atoms with E-state index in [1.807, 2.05) is 0 Å². The summed E-state index contributed by atoms with van der Waals surface area (Å²) in [6, 6.07) is 4.15. The van der Waals surface area contributed by atoms with E-state index in [4.69, 9.17) is 10.8 Å². The zero-order valence-electron chi connectivity index (χ0n) is 9.44. The van der Waals surface area contributed by atoms with Crippen molar-refractivity contribution in [3.8, 4) is 11.5 Å². The fourth-order valence-electron chi connectivity index (χ4n) is 1.67. The molecule has 1 aliphatic heterocycles. The first-order chi connectivity index (χ1) is 8.02. The van der Waals surface area contributed by atoms with Gasteiger partial charge in [-0.15, -0.1) is 21.2 Å². The van der Waals surface area contributed by atoms with Crippen LogP contribution in [0.2, 0.25) is 0 Å². The number of alkyl halides is 2. The lowest BCUT2D eigenvalue weighted by Gasteiger charge is -2.11. The van der Waals surface area contributed by atoms with E-state index < -0.39 is 6.29 Å². The second kappa shape index (κ2) is 5.69. The molecule has 0 radical (unpaired) electrons. The third-order valence-corrected chi connectivity index (χ3v) is 2.53. The summed E-state index contributed by atoms with van der Waals surface area (Å²) >= 11 is 0. The SMILES string of the molecule is Cl.N[C@H](CCCO)c1ccc2c(c1)OC(F)(F)O2. The molecule has 0 amide bonds. The van der Waals surface area contributed by atoms with Crippen molar-refractivity contribution in [3.05, 3.63) is 23.8 Å². The summed E-state index contributed by atoms with van der Waals surface area (Å²) < 4.78 is 34.1. The number of ether oxygens (including phenoxy) is 2. The topological polar surface area (TPSA) is 64.7 Å². The van der Waals surface area contributed by atoms with Gasteiger partial charge in [0.1, 0.15) is 0 Å². The third-order valence-electron chi connectivity index (χ3n) is 2.53. The van der Waals surface area contributed by atoms with Gasteiger partial charge in [0.2, 0.25) is 0 Å². The molecule has 0 saturated carbocycles. The molecule has 18 heavy (non-hydrogen) atoms. The maximum atomic E-state index is 12.8. The maximum absolute atomic E-state index is 12.8. The highest BCUT2D eigenvalue weighted by Crippen LogP contribution is 2.42. The van der Waals surface area contributed by atoms with Crippen LogP contribution in [0.3, 0.4) is 0 Å². The first-order valence-electron chi connectivity index (χ1n) is 5.28. The molecule has 4 nitrogen and oxygen atoms in total. The van der Waals surface area contributed by atoms with Crippen molar-refractivity contribution in [2.24, 2.45) is 5.73 Å². The summed E-state index contributed by atoms with van der Waals surface area (Å²) in [5, 5.41) is 8.69. The van der Waals surface area contributed by atoms with Crippen LogP contribution in [-0.2, 0) is 0 Å². The number of hydrogen-bond donors (Lipinski definition) is 2. The van der Waals surface area contributed by atoms with Crippen LogP contribution < -0.4 is 15.2 Å². The Kier molecular flexibility index (Phi) is 4.72. The molecule has 1 aliphatic rings. The lowest BCUT2D eigenvalue weighted by atomic mass is 10.0. The van der Waals surface area contributed by atoms with Crippen LogP contribution in [0.1, 0.15) is 24.4 Å². The van der Waals surface area contributed by atoms with Gasteiger partial charge in [0.05, 0.1) is 0 Å². The molecule has 0 aromatic heterocycles.